The number of nitrogen functional groups attached to an aromatic ring is 1. The van der Waals surface area contributed by atoms with Crippen molar-refractivity contribution in [1.82, 2.24) is 4.90 Å². The third-order valence-electron chi connectivity index (χ3n) is 2.58. The van der Waals surface area contributed by atoms with E-state index in [-0.39, 0.29) is 5.91 Å². The van der Waals surface area contributed by atoms with Crippen molar-refractivity contribution in [2.24, 2.45) is 0 Å². The van der Waals surface area contributed by atoms with E-state index in [4.69, 9.17) is 5.73 Å². The fraction of sp³-hybridized carbons (Fsp3) is 0.462. The average Bonchev–Trinajstić information content (AvgIpc) is 2.30. The molecule has 0 aliphatic rings. The van der Waals surface area contributed by atoms with E-state index in [9.17, 15) is 4.79 Å². The Morgan fingerprint density at radius 2 is 1.76 bits per heavy atom. The number of amides is 1. The largest absolute Gasteiger partial charge is 0.399 e. The lowest BCUT2D eigenvalue weighted by molar-refractivity contribution is -0.118. The Morgan fingerprint density at radius 1 is 1.18 bits per heavy atom. The number of hydrogen-bond acceptors (Lipinski definition) is 3. The van der Waals surface area contributed by atoms with Crippen molar-refractivity contribution in [3.63, 3.8) is 0 Å². The summed E-state index contributed by atoms with van der Waals surface area (Å²) in [6.07, 6.45) is 0.512. The van der Waals surface area contributed by atoms with Crippen molar-refractivity contribution in [3.05, 3.63) is 24.3 Å². The van der Waals surface area contributed by atoms with Crippen LogP contribution in [0.1, 0.15) is 13.3 Å². The van der Waals surface area contributed by atoms with Gasteiger partial charge in [-0.25, -0.2) is 0 Å². The van der Waals surface area contributed by atoms with Crippen LogP contribution in [0.15, 0.2) is 24.3 Å². The second-order valence-corrected chi connectivity index (χ2v) is 4.29. The van der Waals surface area contributed by atoms with Gasteiger partial charge in [-0.05, 0) is 38.4 Å². The standard InChI is InChI=1S/C13H21N3O/c1-4-13(17)16(10-9-15(2)3)12-7-5-11(14)6-8-12/h5-8H,4,9-10,14H2,1-3H3. The number of benzene rings is 1. The lowest BCUT2D eigenvalue weighted by Gasteiger charge is -2.24. The summed E-state index contributed by atoms with van der Waals surface area (Å²) in [5, 5.41) is 0. The Kier molecular flexibility index (Phi) is 4.97. The average molecular weight is 235 g/mol. The number of nitrogens with zero attached hydrogens (tertiary/aromatic N) is 2. The first-order valence-electron chi connectivity index (χ1n) is 5.85. The molecule has 1 aromatic carbocycles. The predicted octanol–water partition coefficient (Wildman–Crippen LogP) is 1.57. The molecule has 0 saturated heterocycles. The maximum Gasteiger partial charge on any atom is 0.226 e. The molecule has 2 N–H and O–H groups in total. The van der Waals surface area contributed by atoms with Gasteiger partial charge in [-0.2, -0.15) is 0 Å². The molecule has 0 heterocycles. The van der Waals surface area contributed by atoms with E-state index in [1.165, 1.54) is 0 Å². The molecule has 0 spiro atoms. The summed E-state index contributed by atoms with van der Waals surface area (Å²) in [6.45, 7) is 3.42. The maximum absolute atomic E-state index is 11.9. The number of nitrogens with two attached hydrogens (primary N) is 1. The zero-order chi connectivity index (χ0) is 12.8. The lowest BCUT2D eigenvalue weighted by atomic mass is 10.2. The van der Waals surface area contributed by atoms with E-state index in [1.54, 1.807) is 4.90 Å². The molecule has 1 amide bonds. The molecule has 0 unspecified atom stereocenters. The van der Waals surface area contributed by atoms with Gasteiger partial charge in [0.15, 0.2) is 0 Å². The number of likely N-dealkylation sites (N-methyl/N-ethyl adjacent to an activating group) is 1. The van der Waals surface area contributed by atoms with Crippen molar-refractivity contribution < 1.29 is 4.79 Å². The molecule has 0 aliphatic carbocycles. The third-order valence-corrected chi connectivity index (χ3v) is 2.58. The second kappa shape index (κ2) is 6.25. The van der Waals surface area contributed by atoms with E-state index in [0.717, 1.165) is 12.2 Å². The Balaban J connectivity index is 2.82. The van der Waals surface area contributed by atoms with Crippen molar-refractivity contribution >= 4 is 17.3 Å². The first-order valence-corrected chi connectivity index (χ1v) is 5.85. The zero-order valence-corrected chi connectivity index (χ0v) is 10.8. The van der Waals surface area contributed by atoms with Crippen LogP contribution in [0.3, 0.4) is 0 Å². The quantitative estimate of drug-likeness (QED) is 0.788. The van der Waals surface area contributed by atoms with E-state index in [0.29, 0.717) is 18.7 Å². The Labute approximate surface area is 103 Å². The summed E-state index contributed by atoms with van der Waals surface area (Å²) < 4.78 is 0. The van der Waals surface area contributed by atoms with Gasteiger partial charge in [0.1, 0.15) is 0 Å². The minimum Gasteiger partial charge on any atom is -0.399 e. The van der Waals surface area contributed by atoms with E-state index in [1.807, 2.05) is 45.3 Å². The molecule has 0 bridgehead atoms. The first-order chi connectivity index (χ1) is 8.04. The molecule has 17 heavy (non-hydrogen) atoms. The molecule has 0 saturated carbocycles. The second-order valence-electron chi connectivity index (χ2n) is 4.29. The van der Waals surface area contributed by atoms with E-state index >= 15 is 0 Å². The summed E-state index contributed by atoms with van der Waals surface area (Å²) in [5.41, 5.74) is 7.27. The molecule has 94 valence electrons. The van der Waals surface area contributed by atoms with Crippen molar-refractivity contribution in [2.45, 2.75) is 13.3 Å². The lowest BCUT2D eigenvalue weighted by Crippen LogP contribution is -2.36. The van der Waals surface area contributed by atoms with Gasteiger partial charge in [-0.1, -0.05) is 6.92 Å². The van der Waals surface area contributed by atoms with Crippen LogP contribution < -0.4 is 10.6 Å². The van der Waals surface area contributed by atoms with Gasteiger partial charge in [0, 0.05) is 30.9 Å². The Bertz CT molecular complexity index is 359. The zero-order valence-electron chi connectivity index (χ0n) is 10.8. The van der Waals surface area contributed by atoms with E-state index < -0.39 is 0 Å². The fourth-order valence-corrected chi connectivity index (χ4v) is 1.54. The van der Waals surface area contributed by atoms with Gasteiger partial charge in [0.05, 0.1) is 0 Å². The number of carbonyl (C=O) groups excluding carboxylic acids is 1. The number of carbonyl (C=O) groups is 1. The van der Waals surface area contributed by atoms with Crippen molar-refractivity contribution in [1.29, 1.82) is 0 Å². The Morgan fingerprint density at radius 3 is 2.24 bits per heavy atom. The van der Waals surface area contributed by atoms with Crippen LogP contribution in [0, 0.1) is 0 Å². The van der Waals surface area contributed by atoms with Gasteiger partial charge in [-0.3, -0.25) is 4.79 Å². The highest BCUT2D eigenvalue weighted by atomic mass is 16.2. The van der Waals surface area contributed by atoms with Gasteiger partial charge < -0.3 is 15.5 Å². The molecule has 0 atom stereocenters. The summed E-state index contributed by atoms with van der Waals surface area (Å²) in [6, 6.07) is 7.42. The maximum atomic E-state index is 11.9. The van der Waals surface area contributed by atoms with Crippen molar-refractivity contribution in [3.8, 4) is 0 Å². The van der Waals surface area contributed by atoms with Gasteiger partial charge in [0.2, 0.25) is 5.91 Å². The molecule has 0 radical (unpaired) electrons. The molecule has 0 aliphatic heterocycles. The van der Waals surface area contributed by atoms with Crippen LogP contribution in [0.5, 0.6) is 0 Å². The van der Waals surface area contributed by atoms with Crippen LogP contribution in [-0.4, -0.2) is 38.0 Å². The van der Waals surface area contributed by atoms with Crippen LogP contribution in [-0.2, 0) is 4.79 Å². The van der Waals surface area contributed by atoms with Crippen molar-refractivity contribution in [2.75, 3.05) is 37.8 Å². The van der Waals surface area contributed by atoms with Crippen LogP contribution in [0.2, 0.25) is 0 Å². The topological polar surface area (TPSA) is 49.6 Å². The highest BCUT2D eigenvalue weighted by Crippen LogP contribution is 2.17. The molecule has 1 aromatic rings. The number of rotatable bonds is 5. The monoisotopic (exact) mass is 235 g/mol. The van der Waals surface area contributed by atoms with E-state index in [2.05, 4.69) is 4.90 Å². The smallest absolute Gasteiger partial charge is 0.226 e. The molecular weight excluding hydrogens is 214 g/mol. The fourth-order valence-electron chi connectivity index (χ4n) is 1.54. The van der Waals surface area contributed by atoms with Crippen LogP contribution >= 0.6 is 0 Å². The summed E-state index contributed by atoms with van der Waals surface area (Å²) in [5.74, 6) is 0.136. The predicted molar refractivity (Wildman–Crippen MR) is 72.1 cm³/mol. The normalized spacial score (nSPS) is 10.6. The Hall–Kier alpha value is -1.55. The van der Waals surface area contributed by atoms with Gasteiger partial charge in [-0.15, -0.1) is 0 Å². The van der Waals surface area contributed by atoms with Crippen LogP contribution in [0.25, 0.3) is 0 Å². The minimum absolute atomic E-state index is 0.136. The first kappa shape index (κ1) is 13.5. The molecule has 4 nitrogen and oxygen atoms in total. The number of hydrogen-bond donors (Lipinski definition) is 1. The molecule has 0 fully saturated rings. The molecule has 0 aromatic heterocycles. The van der Waals surface area contributed by atoms with Crippen LogP contribution in [0.4, 0.5) is 11.4 Å². The number of anilines is 2. The van der Waals surface area contributed by atoms with Gasteiger partial charge >= 0.3 is 0 Å². The summed E-state index contributed by atoms with van der Waals surface area (Å²) in [7, 11) is 4.00. The minimum atomic E-state index is 0.136. The summed E-state index contributed by atoms with van der Waals surface area (Å²) in [4.78, 5) is 15.8. The highest BCUT2D eigenvalue weighted by Gasteiger charge is 2.13. The third kappa shape index (κ3) is 4.07. The molecular formula is C13H21N3O. The summed E-state index contributed by atoms with van der Waals surface area (Å²) >= 11 is 0. The molecule has 1 rings (SSSR count). The molecule has 4 heteroatoms. The van der Waals surface area contributed by atoms with Gasteiger partial charge in [0.25, 0.3) is 0 Å². The highest BCUT2D eigenvalue weighted by molar-refractivity contribution is 5.93. The SMILES string of the molecule is CCC(=O)N(CCN(C)C)c1ccc(N)cc1.